The van der Waals surface area contributed by atoms with E-state index in [0.29, 0.717) is 6.04 Å². The quantitative estimate of drug-likeness (QED) is 0.709. The molecule has 1 atom stereocenters. The van der Waals surface area contributed by atoms with E-state index >= 15 is 0 Å². The van der Waals surface area contributed by atoms with Crippen LogP contribution in [-0.2, 0) is 4.74 Å². The molecule has 1 unspecified atom stereocenters. The van der Waals surface area contributed by atoms with Gasteiger partial charge in [0.05, 0.1) is 24.4 Å². The zero-order valence-electron chi connectivity index (χ0n) is 16.5. The lowest BCUT2D eigenvalue weighted by Crippen LogP contribution is -2.38. The number of nitrogens with zero attached hydrogens (tertiary/aromatic N) is 4. The van der Waals surface area contributed by atoms with Crippen molar-refractivity contribution in [3.05, 3.63) is 42.7 Å². The van der Waals surface area contributed by atoms with Crippen LogP contribution < -0.4 is 15.5 Å². The van der Waals surface area contributed by atoms with E-state index in [1.165, 1.54) is 12.1 Å². The molecule has 150 valence electrons. The summed E-state index contributed by atoms with van der Waals surface area (Å²) in [5.74, 6) is 0.816. The van der Waals surface area contributed by atoms with Crippen molar-refractivity contribution >= 4 is 22.5 Å². The van der Waals surface area contributed by atoms with E-state index in [2.05, 4.69) is 49.8 Å². The van der Waals surface area contributed by atoms with Crippen LogP contribution in [-0.4, -0.2) is 60.4 Å². The molecule has 0 spiro atoms. The van der Waals surface area contributed by atoms with E-state index in [9.17, 15) is 0 Å². The van der Waals surface area contributed by atoms with Gasteiger partial charge in [-0.2, -0.15) is 0 Å². The van der Waals surface area contributed by atoms with E-state index in [4.69, 9.17) is 9.72 Å². The molecule has 2 aliphatic rings. The van der Waals surface area contributed by atoms with Crippen LogP contribution in [0.2, 0.25) is 0 Å². The van der Waals surface area contributed by atoms with Gasteiger partial charge in [0.25, 0.3) is 0 Å². The number of aromatic nitrogens is 3. The van der Waals surface area contributed by atoms with Crippen molar-refractivity contribution in [2.75, 3.05) is 49.6 Å². The van der Waals surface area contributed by atoms with Gasteiger partial charge in [0.15, 0.2) is 5.82 Å². The average molecular weight is 390 g/mol. The van der Waals surface area contributed by atoms with Gasteiger partial charge in [-0.15, -0.1) is 0 Å². The highest BCUT2D eigenvalue weighted by molar-refractivity contribution is 5.88. The Labute approximate surface area is 170 Å². The topological polar surface area (TPSA) is 75.2 Å². The molecule has 0 saturated carbocycles. The highest BCUT2D eigenvalue weighted by Gasteiger charge is 2.17. The summed E-state index contributed by atoms with van der Waals surface area (Å²) in [5.41, 5.74) is 4.91. The Kier molecular flexibility index (Phi) is 5.23. The minimum atomic E-state index is 0.361. The van der Waals surface area contributed by atoms with Crippen LogP contribution in [0, 0.1) is 0 Å². The van der Waals surface area contributed by atoms with E-state index < -0.39 is 0 Å². The molecule has 7 heteroatoms. The summed E-state index contributed by atoms with van der Waals surface area (Å²) >= 11 is 0. The maximum Gasteiger partial charge on any atom is 0.155 e. The van der Waals surface area contributed by atoms with Crippen LogP contribution in [0.4, 0.5) is 11.5 Å². The lowest BCUT2D eigenvalue weighted by atomic mass is 10.1. The Bertz CT molecular complexity index is 965. The fourth-order valence-electron chi connectivity index (χ4n) is 4.05. The standard InChI is InChI=1S/C22H26N6O/c1-2-17(15-23-7-1)26-22-21-20(24-8-9-25-21)14-19(27-22)16-3-5-18(6-4-16)28-10-12-29-13-11-28/h3-6,8-9,14,17,23H,1-2,7,10-13,15H2,(H,26,27). The molecule has 2 fully saturated rings. The number of nitrogens with one attached hydrogen (secondary N) is 2. The second-order valence-corrected chi connectivity index (χ2v) is 7.61. The van der Waals surface area contributed by atoms with E-state index in [1.54, 1.807) is 12.4 Å². The van der Waals surface area contributed by atoms with Crippen LogP contribution >= 0.6 is 0 Å². The normalized spacial score (nSPS) is 20.0. The van der Waals surface area contributed by atoms with E-state index in [0.717, 1.165) is 73.9 Å². The van der Waals surface area contributed by atoms with Gasteiger partial charge < -0.3 is 20.3 Å². The van der Waals surface area contributed by atoms with Crippen LogP contribution in [0.5, 0.6) is 0 Å². The molecule has 29 heavy (non-hydrogen) atoms. The van der Waals surface area contributed by atoms with Crippen LogP contribution in [0.1, 0.15) is 12.8 Å². The lowest BCUT2D eigenvalue weighted by molar-refractivity contribution is 0.122. The van der Waals surface area contributed by atoms with Crippen LogP contribution in [0.15, 0.2) is 42.7 Å². The van der Waals surface area contributed by atoms with Gasteiger partial charge in [0.2, 0.25) is 0 Å². The molecule has 2 aliphatic heterocycles. The number of pyridine rings is 1. The molecule has 5 rings (SSSR count). The highest BCUT2D eigenvalue weighted by atomic mass is 16.5. The first kappa shape index (κ1) is 18.3. The molecule has 7 nitrogen and oxygen atoms in total. The Morgan fingerprint density at radius 2 is 1.90 bits per heavy atom. The molecule has 1 aromatic carbocycles. The number of ether oxygens (including phenoxy) is 1. The number of anilines is 2. The summed E-state index contributed by atoms with van der Waals surface area (Å²) < 4.78 is 5.45. The summed E-state index contributed by atoms with van der Waals surface area (Å²) in [5, 5.41) is 7.05. The third-order valence-electron chi connectivity index (χ3n) is 5.63. The smallest absolute Gasteiger partial charge is 0.155 e. The third-order valence-corrected chi connectivity index (χ3v) is 5.63. The number of morpholine rings is 1. The number of fused-ring (bicyclic) bond motifs is 1. The molecule has 2 N–H and O–H groups in total. The molecule has 2 aromatic heterocycles. The predicted molar refractivity (Wildman–Crippen MR) is 115 cm³/mol. The summed E-state index contributed by atoms with van der Waals surface area (Å²) in [7, 11) is 0. The van der Waals surface area contributed by atoms with Gasteiger partial charge in [-0.25, -0.2) is 9.97 Å². The monoisotopic (exact) mass is 390 g/mol. The molecule has 0 aliphatic carbocycles. The van der Waals surface area contributed by atoms with Gasteiger partial charge in [-0.05, 0) is 37.6 Å². The van der Waals surface area contributed by atoms with Crippen molar-refractivity contribution in [1.82, 2.24) is 20.3 Å². The zero-order valence-corrected chi connectivity index (χ0v) is 16.5. The van der Waals surface area contributed by atoms with Crippen molar-refractivity contribution in [1.29, 1.82) is 0 Å². The van der Waals surface area contributed by atoms with Crippen LogP contribution in [0.25, 0.3) is 22.3 Å². The van der Waals surface area contributed by atoms with Gasteiger partial charge in [-0.3, -0.25) is 4.98 Å². The summed E-state index contributed by atoms with van der Waals surface area (Å²) in [6, 6.07) is 11.0. The molecule has 3 aromatic rings. The van der Waals surface area contributed by atoms with E-state index in [-0.39, 0.29) is 0 Å². The molecule has 2 saturated heterocycles. The van der Waals surface area contributed by atoms with Crippen molar-refractivity contribution < 1.29 is 4.74 Å². The lowest BCUT2D eigenvalue weighted by Gasteiger charge is -2.29. The first-order valence-electron chi connectivity index (χ1n) is 10.4. The first-order valence-corrected chi connectivity index (χ1v) is 10.4. The zero-order chi connectivity index (χ0) is 19.5. The molecular formula is C22H26N6O. The maximum atomic E-state index is 5.45. The first-order chi connectivity index (χ1) is 14.4. The Morgan fingerprint density at radius 3 is 2.69 bits per heavy atom. The molecule has 0 amide bonds. The fourth-order valence-corrected chi connectivity index (χ4v) is 4.05. The van der Waals surface area contributed by atoms with Crippen molar-refractivity contribution in [3.63, 3.8) is 0 Å². The van der Waals surface area contributed by atoms with Crippen molar-refractivity contribution in [3.8, 4) is 11.3 Å². The predicted octanol–water partition coefficient (Wildman–Crippen LogP) is 2.69. The Morgan fingerprint density at radius 1 is 1.07 bits per heavy atom. The number of benzene rings is 1. The number of piperidine rings is 1. The maximum absolute atomic E-state index is 5.45. The minimum Gasteiger partial charge on any atom is -0.378 e. The highest BCUT2D eigenvalue weighted by Crippen LogP contribution is 2.28. The van der Waals surface area contributed by atoms with E-state index in [1.807, 2.05) is 6.07 Å². The summed E-state index contributed by atoms with van der Waals surface area (Å²) in [6.07, 6.45) is 5.77. The average Bonchev–Trinajstić information content (AvgIpc) is 2.80. The second kappa shape index (κ2) is 8.31. The van der Waals surface area contributed by atoms with Gasteiger partial charge in [0.1, 0.15) is 5.52 Å². The number of rotatable bonds is 4. The largest absolute Gasteiger partial charge is 0.378 e. The van der Waals surface area contributed by atoms with Gasteiger partial charge in [-0.1, -0.05) is 12.1 Å². The molecule has 4 heterocycles. The van der Waals surface area contributed by atoms with Gasteiger partial charge >= 0.3 is 0 Å². The number of hydrogen-bond acceptors (Lipinski definition) is 7. The molecule has 0 bridgehead atoms. The molecule has 0 radical (unpaired) electrons. The Hall–Kier alpha value is -2.77. The fraction of sp³-hybridized carbons (Fsp3) is 0.409. The second-order valence-electron chi connectivity index (χ2n) is 7.61. The summed E-state index contributed by atoms with van der Waals surface area (Å²) in [6.45, 7) is 5.48. The number of hydrogen-bond donors (Lipinski definition) is 2. The SMILES string of the molecule is c1cnc2c(NC3CCCNC3)nc(-c3ccc(N4CCOCC4)cc3)cc2n1. The minimum absolute atomic E-state index is 0.361. The van der Waals surface area contributed by atoms with Crippen molar-refractivity contribution in [2.24, 2.45) is 0 Å². The molecular weight excluding hydrogens is 364 g/mol. The van der Waals surface area contributed by atoms with Crippen molar-refractivity contribution in [2.45, 2.75) is 18.9 Å². The third kappa shape index (κ3) is 4.02. The Balaban J connectivity index is 1.46. The summed E-state index contributed by atoms with van der Waals surface area (Å²) in [4.78, 5) is 16.4. The van der Waals surface area contributed by atoms with Gasteiger partial charge in [0, 0.05) is 49.3 Å². The van der Waals surface area contributed by atoms with Crippen LogP contribution in [0.3, 0.4) is 0 Å².